The van der Waals surface area contributed by atoms with Gasteiger partial charge in [0.2, 0.25) is 0 Å². The van der Waals surface area contributed by atoms with E-state index in [1.54, 1.807) is 24.3 Å². The third-order valence-electron chi connectivity index (χ3n) is 3.73. The first-order valence-corrected chi connectivity index (χ1v) is 7.83. The van der Waals surface area contributed by atoms with Crippen LogP contribution in [0, 0.1) is 13.8 Å². The largest absolute Gasteiger partial charge is 0.457 e. The van der Waals surface area contributed by atoms with Gasteiger partial charge in [-0.1, -0.05) is 35.9 Å². The molecule has 0 saturated carbocycles. The molecular weight excluding hydrogens is 298 g/mol. The number of para-hydroxylation sites is 1. The maximum Gasteiger partial charge on any atom is 0.255 e. The van der Waals surface area contributed by atoms with E-state index >= 15 is 0 Å². The standard InChI is InChI=1S/C21H19NO2/c1-15-8-13-20(16(2)14-15)22-21(23)17-9-11-19(12-10-17)24-18-6-4-3-5-7-18/h3-14H,1-2H3,(H,22,23). The van der Waals surface area contributed by atoms with E-state index < -0.39 is 0 Å². The fourth-order valence-corrected chi connectivity index (χ4v) is 2.45. The summed E-state index contributed by atoms with van der Waals surface area (Å²) in [6.07, 6.45) is 0. The van der Waals surface area contributed by atoms with Crippen molar-refractivity contribution in [1.29, 1.82) is 0 Å². The summed E-state index contributed by atoms with van der Waals surface area (Å²) in [6.45, 7) is 4.02. The van der Waals surface area contributed by atoms with Gasteiger partial charge < -0.3 is 10.1 Å². The molecule has 0 aliphatic rings. The second-order valence-electron chi connectivity index (χ2n) is 5.71. The minimum Gasteiger partial charge on any atom is -0.457 e. The van der Waals surface area contributed by atoms with Gasteiger partial charge in [-0.3, -0.25) is 4.79 Å². The molecule has 0 heterocycles. The molecule has 1 N–H and O–H groups in total. The Morgan fingerprint density at radius 2 is 1.50 bits per heavy atom. The van der Waals surface area contributed by atoms with Gasteiger partial charge in [-0.05, 0) is 61.9 Å². The highest BCUT2D eigenvalue weighted by molar-refractivity contribution is 6.04. The molecule has 0 radical (unpaired) electrons. The number of nitrogens with one attached hydrogen (secondary N) is 1. The average Bonchev–Trinajstić information content (AvgIpc) is 2.59. The molecule has 3 aromatic rings. The molecular formula is C21H19NO2. The van der Waals surface area contributed by atoms with Crippen LogP contribution in [-0.4, -0.2) is 5.91 Å². The van der Waals surface area contributed by atoms with Gasteiger partial charge in [-0.2, -0.15) is 0 Å². The van der Waals surface area contributed by atoms with E-state index in [4.69, 9.17) is 4.74 Å². The second-order valence-corrected chi connectivity index (χ2v) is 5.71. The SMILES string of the molecule is Cc1ccc(NC(=O)c2ccc(Oc3ccccc3)cc2)c(C)c1. The zero-order chi connectivity index (χ0) is 16.9. The van der Waals surface area contributed by atoms with Crippen molar-refractivity contribution in [3.8, 4) is 11.5 Å². The van der Waals surface area contributed by atoms with Gasteiger partial charge in [-0.25, -0.2) is 0 Å². The summed E-state index contributed by atoms with van der Waals surface area (Å²) in [6, 6.07) is 22.6. The van der Waals surface area contributed by atoms with Crippen molar-refractivity contribution in [2.24, 2.45) is 0 Å². The fraction of sp³-hybridized carbons (Fsp3) is 0.0952. The molecule has 0 spiro atoms. The normalized spacial score (nSPS) is 10.2. The zero-order valence-corrected chi connectivity index (χ0v) is 13.7. The van der Waals surface area contributed by atoms with Gasteiger partial charge in [0.25, 0.3) is 5.91 Å². The summed E-state index contributed by atoms with van der Waals surface area (Å²) >= 11 is 0. The maximum atomic E-state index is 12.4. The molecule has 3 aromatic carbocycles. The molecule has 0 saturated heterocycles. The summed E-state index contributed by atoms with van der Waals surface area (Å²) in [5.41, 5.74) is 3.64. The molecule has 24 heavy (non-hydrogen) atoms. The van der Waals surface area contributed by atoms with E-state index in [1.165, 1.54) is 5.56 Å². The molecule has 0 atom stereocenters. The van der Waals surface area contributed by atoms with Crippen molar-refractivity contribution in [1.82, 2.24) is 0 Å². The Hall–Kier alpha value is -3.07. The summed E-state index contributed by atoms with van der Waals surface area (Å²) in [5.74, 6) is 1.34. The smallest absolute Gasteiger partial charge is 0.255 e. The zero-order valence-electron chi connectivity index (χ0n) is 13.7. The summed E-state index contributed by atoms with van der Waals surface area (Å²) < 4.78 is 5.73. The number of ether oxygens (including phenoxy) is 1. The van der Waals surface area contributed by atoms with E-state index in [1.807, 2.05) is 62.4 Å². The molecule has 1 amide bonds. The number of rotatable bonds is 4. The highest BCUT2D eigenvalue weighted by atomic mass is 16.5. The lowest BCUT2D eigenvalue weighted by molar-refractivity contribution is 0.102. The van der Waals surface area contributed by atoms with Crippen LogP contribution < -0.4 is 10.1 Å². The minimum atomic E-state index is -0.131. The molecule has 0 aromatic heterocycles. The van der Waals surface area contributed by atoms with Gasteiger partial charge in [0.05, 0.1) is 0 Å². The lowest BCUT2D eigenvalue weighted by Gasteiger charge is -2.10. The molecule has 0 fully saturated rings. The molecule has 120 valence electrons. The number of benzene rings is 3. The Morgan fingerprint density at radius 1 is 0.833 bits per heavy atom. The van der Waals surface area contributed by atoms with Crippen molar-refractivity contribution in [3.63, 3.8) is 0 Å². The first kappa shape index (κ1) is 15.8. The molecule has 3 rings (SSSR count). The number of hydrogen-bond donors (Lipinski definition) is 1. The van der Waals surface area contributed by atoms with Gasteiger partial charge in [0.1, 0.15) is 11.5 Å². The van der Waals surface area contributed by atoms with Crippen LogP contribution in [0.4, 0.5) is 5.69 Å². The first-order chi connectivity index (χ1) is 11.6. The number of hydrogen-bond acceptors (Lipinski definition) is 2. The van der Waals surface area contributed by atoms with Crippen molar-refractivity contribution in [2.75, 3.05) is 5.32 Å². The Labute approximate surface area is 141 Å². The van der Waals surface area contributed by atoms with Crippen LogP contribution >= 0.6 is 0 Å². The van der Waals surface area contributed by atoms with Crippen LogP contribution in [0.3, 0.4) is 0 Å². The number of aryl methyl sites for hydroxylation is 2. The van der Waals surface area contributed by atoms with E-state index in [2.05, 4.69) is 5.32 Å². The second kappa shape index (κ2) is 7.01. The van der Waals surface area contributed by atoms with Gasteiger partial charge in [-0.15, -0.1) is 0 Å². The van der Waals surface area contributed by atoms with Crippen LogP contribution in [0.1, 0.15) is 21.5 Å². The number of anilines is 1. The van der Waals surface area contributed by atoms with Crippen LogP contribution in [0.15, 0.2) is 72.8 Å². The van der Waals surface area contributed by atoms with Gasteiger partial charge >= 0.3 is 0 Å². The lowest BCUT2D eigenvalue weighted by atomic mass is 10.1. The van der Waals surface area contributed by atoms with E-state index in [0.29, 0.717) is 11.3 Å². The Morgan fingerprint density at radius 3 is 2.17 bits per heavy atom. The number of amides is 1. The van der Waals surface area contributed by atoms with E-state index in [9.17, 15) is 4.79 Å². The van der Waals surface area contributed by atoms with E-state index in [0.717, 1.165) is 17.0 Å². The molecule has 0 aliphatic carbocycles. The predicted octanol–water partition coefficient (Wildman–Crippen LogP) is 5.35. The minimum absolute atomic E-state index is 0.131. The topological polar surface area (TPSA) is 38.3 Å². The highest BCUT2D eigenvalue weighted by Crippen LogP contribution is 2.22. The maximum absolute atomic E-state index is 12.4. The van der Waals surface area contributed by atoms with Crippen molar-refractivity contribution in [3.05, 3.63) is 89.5 Å². The Kier molecular flexibility index (Phi) is 4.62. The summed E-state index contributed by atoms with van der Waals surface area (Å²) in [5, 5.41) is 2.94. The molecule has 0 unspecified atom stereocenters. The Balaban J connectivity index is 1.69. The molecule has 0 bridgehead atoms. The van der Waals surface area contributed by atoms with Crippen molar-refractivity contribution < 1.29 is 9.53 Å². The fourth-order valence-electron chi connectivity index (χ4n) is 2.45. The number of carbonyl (C=O) groups excluding carboxylic acids is 1. The molecule has 3 heteroatoms. The average molecular weight is 317 g/mol. The third kappa shape index (κ3) is 3.82. The predicted molar refractivity (Wildman–Crippen MR) is 96.8 cm³/mol. The highest BCUT2D eigenvalue weighted by Gasteiger charge is 2.08. The molecule has 0 aliphatic heterocycles. The van der Waals surface area contributed by atoms with Gasteiger partial charge in [0.15, 0.2) is 0 Å². The quantitative estimate of drug-likeness (QED) is 0.704. The Bertz CT molecular complexity index is 839. The monoisotopic (exact) mass is 317 g/mol. The number of carbonyl (C=O) groups is 1. The van der Waals surface area contributed by atoms with Crippen LogP contribution in [0.25, 0.3) is 0 Å². The lowest BCUT2D eigenvalue weighted by Crippen LogP contribution is -2.12. The van der Waals surface area contributed by atoms with Crippen LogP contribution in [-0.2, 0) is 0 Å². The summed E-state index contributed by atoms with van der Waals surface area (Å²) in [4.78, 5) is 12.4. The van der Waals surface area contributed by atoms with Crippen LogP contribution in [0.2, 0.25) is 0 Å². The summed E-state index contributed by atoms with van der Waals surface area (Å²) in [7, 11) is 0. The van der Waals surface area contributed by atoms with Gasteiger partial charge in [0, 0.05) is 11.3 Å². The van der Waals surface area contributed by atoms with Crippen molar-refractivity contribution in [2.45, 2.75) is 13.8 Å². The molecule has 3 nitrogen and oxygen atoms in total. The van der Waals surface area contributed by atoms with E-state index in [-0.39, 0.29) is 5.91 Å². The third-order valence-corrected chi connectivity index (χ3v) is 3.73. The van der Waals surface area contributed by atoms with Crippen molar-refractivity contribution >= 4 is 11.6 Å². The first-order valence-electron chi connectivity index (χ1n) is 7.83. The van der Waals surface area contributed by atoms with Crippen LogP contribution in [0.5, 0.6) is 11.5 Å².